The Morgan fingerprint density at radius 2 is 2.00 bits per heavy atom. The summed E-state index contributed by atoms with van der Waals surface area (Å²) in [7, 11) is 0. The molecule has 2 rings (SSSR count). The highest BCUT2D eigenvalue weighted by atomic mass is 16.6. The molecule has 1 aliphatic carbocycles. The van der Waals surface area contributed by atoms with Crippen molar-refractivity contribution in [2.75, 3.05) is 0 Å². The van der Waals surface area contributed by atoms with Gasteiger partial charge in [-0.15, -0.1) is 0 Å². The van der Waals surface area contributed by atoms with Gasteiger partial charge >= 0.3 is 5.97 Å². The summed E-state index contributed by atoms with van der Waals surface area (Å²) in [6, 6.07) is 0. The molecule has 0 amide bonds. The number of hydrogen-bond acceptors (Lipinski definition) is 2. The maximum Gasteiger partial charge on any atom is 0.306 e. The first-order chi connectivity index (χ1) is 5.70. The van der Waals surface area contributed by atoms with Crippen LogP contribution in [0.4, 0.5) is 0 Å². The Kier molecular flexibility index (Phi) is 1.85. The summed E-state index contributed by atoms with van der Waals surface area (Å²) in [5.74, 6) is 0.847. The predicted octanol–water partition coefficient (Wildman–Crippen LogP) is 2.27. The first kappa shape index (κ1) is 8.09. The van der Waals surface area contributed by atoms with E-state index in [9.17, 15) is 4.79 Å². The molecule has 0 radical (unpaired) electrons. The molecule has 2 aliphatic rings. The zero-order valence-electron chi connectivity index (χ0n) is 7.64. The van der Waals surface area contributed by atoms with E-state index < -0.39 is 0 Å². The lowest BCUT2D eigenvalue weighted by Crippen LogP contribution is -2.33. The van der Waals surface area contributed by atoms with Crippen molar-refractivity contribution in [1.29, 1.82) is 0 Å². The smallest absolute Gasteiger partial charge is 0.306 e. The van der Waals surface area contributed by atoms with Gasteiger partial charge in [-0.05, 0) is 38.0 Å². The van der Waals surface area contributed by atoms with Gasteiger partial charge in [-0.3, -0.25) is 4.79 Å². The van der Waals surface area contributed by atoms with Gasteiger partial charge in [0.25, 0.3) is 0 Å². The Bertz CT molecular complexity index is 190. The standard InChI is InChI=1S/C10H16O2/c1-8-2-5-10(6-3-8)7-4-9(11)12-10/h8H,2-7H2,1H3/t8-,10+. The maximum atomic E-state index is 11.0. The van der Waals surface area contributed by atoms with E-state index >= 15 is 0 Å². The second kappa shape index (κ2) is 2.75. The third kappa shape index (κ3) is 1.35. The van der Waals surface area contributed by atoms with Crippen molar-refractivity contribution >= 4 is 5.97 Å². The molecule has 1 saturated heterocycles. The molecule has 0 atom stereocenters. The van der Waals surface area contributed by atoms with Crippen molar-refractivity contribution in [2.45, 2.75) is 51.0 Å². The lowest BCUT2D eigenvalue weighted by atomic mass is 9.78. The van der Waals surface area contributed by atoms with E-state index in [-0.39, 0.29) is 11.6 Å². The van der Waals surface area contributed by atoms with Crippen LogP contribution in [0.2, 0.25) is 0 Å². The molecule has 0 bridgehead atoms. The summed E-state index contributed by atoms with van der Waals surface area (Å²) < 4.78 is 5.40. The largest absolute Gasteiger partial charge is 0.459 e. The topological polar surface area (TPSA) is 26.3 Å². The highest BCUT2D eigenvalue weighted by Gasteiger charge is 2.42. The molecule has 1 spiro atoms. The highest BCUT2D eigenvalue weighted by molar-refractivity contribution is 5.72. The Hall–Kier alpha value is -0.530. The minimum atomic E-state index is -0.0242. The van der Waals surface area contributed by atoms with Gasteiger partial charge in [0.05, 0.1) is 0 Å². The van der Waals surface area contributed by atoms with Crippen molar-refractivity contribution in [3.05, 3.63) is 0 Å². The van der Waals surface area contributed by atoms with Crippen LogP contribution in [0.15, 0.2) is 0 Å². The third-order valence-electron chi connectivity index (χ3n) is 3.30. The molecule has 2 heteroatoms. The summed E-state index contributed by atoms with van der Waals surface area (Å²) in [6.07, 6.45) is 6.27. The van der Waals surface area contributed by atoms with Crippen LogP contribution in [0.1, 0.15) is 45.4 Å². The van der Waals surface area contributed by atoms with Crippen LogP contribution in [-0.2, 0) is 9.53 Å². The molecule has 1 saturated carbocycles. The highest BCUT2D eigenvalue weighted by Crippen LogP contribution is 2.41. The third-order valence-corrected chi connectivity index (χ3v) is 3.30. The molecule has 0 aromatic rings. The molecular formula is C10H16O2. The first-order valence-corrected chi connectivity index (χ1v) is 4.92. The Morgan fingerprint density at radius 1 is 1.33 bits per heavy atom. The van der Waals surface area contributed by atoms with Gasteiger partial charge in [-0.1, -0.05) is 6.92 Å². The van der Waals surface area contributed by atoms with Crippen LogP contribution in [0.3, 0.4) is 0 Å². The van der Waals surface area contributed by atoms with Crippen LogP contribution in [0.25, 0.3) is 0 Å². The lowest BCUT2D eigenvalue weighted by molar-refractivity contribution is -0.151. The van der Waals surface area contributed by atoms with Gasteiger partial charge in [0.1, 0.15) is 5.60 Å². The summed E-state index contributed by atoms with van der Waals surface area (Å²) in [4.78, 5) is 11.0. The first-order valence-electron chi connectivity index (χ1n) is 4.92. The zero-order valence-corrected chi connectivity index (χ0v) is 7.64. The van der Waals surface area contributed by atoms with Crippen LogP contribution in [0, 0.1) is 5.92 Å². The molecule has 68 valence electrons. The predicted molar refractivity (Wildman–Crippen MR) is 45.7 cm³/mol. The number of ether oxygens (including phenoxy) is 1. The Morgan fingerprint density at radius 3 is 2.50 bits per heavy atom. The summed E-state index contributed by atoms with van der Waals surface area (Å²) >= 11 is 0. The second-order valence-corrected chi connectivity index (χ2v) is 4.34. The maximum absolute atomic E-state index is 11.0. The van der Waals surface area contributed by atoms with E-state index in [4.69, 9.17) is 4.74 Å². The van der Waals surface area contributed by atoms with Crippen LogP contribution in [0.5, 0.6) is 0 Å². The lowest BCUT2D eigenvalue weighted by Gasteiger charge is -2.34. The van der Waals surface area contributed by atoms with Crippen molar-refractivity contribution in [3.8, 4) is 0 Å². The number of carbonyl (C=O) groups excluding carboxylic acids is 1. The van der Waals surface area contributed by atoms with Crippen LogP contribution in [-0.4, -0.2) is 11.6 Å². The van der Waals surface area contributed by atoms with E-state index in [1.807, 2.05) is 0 Å². The van der Waals surface area contributed by atoms with Crippen molar-refractivity contribution in [2.24, 2.45) is 5.92 Å². The van der Waals surface area contributed by atoms with E-state index in [0.717, 1.165) is 25.2 Å². The van der Waals surface area contributed by atoms with Gasteiger partial charge < -0.3 is 4.74 Å². The second-order valence-electron chi connectivity index (χ2n) is 4.34. The number of hydrogen-bond donors (Lipinski definition) is 0. The fourth-order valence-corrected chi connectivity index (χ4v) is 2.31. The van der Waals surface area contributed by atoms with Gasteiger partial charge in [0.15, 0.2) is 0 Å². The Balaban J connectivity index is 1.99. The van der Waals surface area contributed by atoms with Crippen molar-refractivity contribution in [3.63, 3.8) is 0 Å². The number of esters is 1. The Labute approximate surface area is 73.3 Å². The molecule has 1 aliphatic heterocycles. The average molecular weight is 168 g/mol. The number of rotatable bonds is 0. The molecule has 0 aromatic carbocycles. The molecule has 2 fully saturated rings. The van der Waals surface area contributed by atoms with E-state index in [1.54, 1.807) is 0 Å². The monoisotopic (exact) mass is 168 g/mol. The summed E-state index contributed by atoms with van der Waals surface area (Å²) in [5.41, 5.74) is -0.0242. The zero-order chi connectivity index (χ0) is 8.60. The minimum Gasteiger partial charge on any atom is -0.459 e. The van der Waals surface area contributed by atoms with Gasteiger partial charge in [0, 0.05) is 6.42 Å². The van der Waals surface area contributed by atoms with E-state index in [0.29, 0.717) is 6.42 Å². The average Bonchev–Trinajstić information content (AvgIpc) is 2.40. The van der Waals surface area contributed by atoms with Gasteiger partial charge in [-0.2, -0.15) is 0 Å². The van der Waals surface area contributed by atoms with E-state index in [1.165, 1.54) is 12.8 Å². The molecule has 12 heavy (non-hydrogen) atoms. The fraction of sp³-hybridized carbons (Fsp3) is 0.900. The molecular weight excluding hydrogens is 152 g/mol. The molecule has 0 N–H and O–H groups in total. The van der Waals surface area contributed by atoms with Crippen LogP contribution < -0.4 is 0 Å². The fourth-order valence-electron chi connectivity index (χ4n) is 2.31. The van der Waals surface area contributed by atoms with E-state index in [2.05, 4.69) is 6.92 Å². The van der Waals surface area contributed by atoms with Gasteiger partial charge in [-0.25, -0.2) is 0 Å². The number of carbonyl (C=O) groups is 1. The summed E-state index contributed by atoms with van der Waals surface area (Å²) in [5, 5.41) is 0. The molecule has 1 heterocycles. The van der Waals surface area contributed by atoms with Crippen molar-refractivity contribution < 1.29 is 9.53 Å². The quantitative estimate of drug-likeness (QED) is 0.519. The van der Waals surface area contributed by atoms with Crippen molar-refractivity contribution in [1.82, 2.24) is 0 Å². The van der Waals surface area contributed by atoms with Gasteiger partial charge in [0.2, 0.25) is 0 Å². The normalized spacial score (nSPS) is 41.8. The molecule has 2 nitrogen and oxygen atoms in total. The van der Waals surface area contributed by atoms with Crippen LogP contribution >= 0.6 is 0 Å². The SMILES string of the molecule is C[C@H]1CC[C@]2(CCC(=O)O2)CC1. The summed E-state index contributed by atoms with van der Waals surface area (Å²) in [6.45, 7) is 2.28. The molecule has 0 unspecified atom stereocenters. The molecule has 0 aromatic heterocycles. The minimum absolute atomic E-state index is 0.0181.